The number of ether oxygens (including phenoxy) is 1. The van der Waals surface area contributed by atoms with Crippen molar-refractivity contribution in [1.29, 1.82) is 0 Å². The molecule has 0 fully saturated rings. The molecule has 0 amide bonds. The van der Waals surface area contributed by atoms with Crippen LogP contribution in [0.1, 0.15) is 13.3 Å². The molecule has 0 bridgehead atoms. The average Bonchev–Trinajstić information content (AvgIpc) is 2.37. The van der Waals surface area contributed by atoms with Crippen molar-refractivity contribution in [3.05, 3.63) is 24.3 Å². The summed E-state index contributed by atoms with van der Waals surface area (Å²) in [5.74, 6) is 0. The van der Waals surface area contributed by atoms with Gasteiger partial charge in [0.05, 0.1) is 16.4 Å². The zero-order chi connectivity index (χ0) is 15.4. The largest absolute Gasteiger partial charge is 0.383 e. The first-order valence-electron chi connectivity index (χ1n) is 5.76. The van der Waals surface area contributed by atoms with Crippen LogP contribution in [0, 0.1) is 0 Å². The number of nitrogens with one attached hydrogen (secondary N) is 1. The number of halogens is 1. The van der Waals surface area contributed by atoms with Crippen LogP contribution >= 0.6 is 0 Å². The molecule has 1 rings (SSSR count). The zero-order valence-electron chi connectivity index (χ0n) is 11.0. The highest BCUT2D eigenvalue weighted by atomic mass is 32.3. The van der Waals surface area contributed by atoms with Crippen molar-refractivity contribution in [2.75, 3.05) is 13.7 Å². The molecule has 1 N–H and O–H groups in total. The third kappa shape index (κ3) is 4.51. The van der Waals surface area contributed by atoms with Crippen LogP contribution in [0.5, 0.6) is 0 Å². The molecule has 1 atom stereocenters. The second kappa shape index (κ2) is 6.61. The van der Waals surface area contributed by atoms with Gasteiger partial charge in [-0.3, -0.25) is 0 Å². The number of hydrogen-bond acceptors (Lipinski definition) is 5. The van der Waals surface area contributed by atoms with Gasteiger partial charge in [-0.2, -0.15) is 8.42 Å². The summed E-state index contributed by atoms with van der Waals surface area (Å²) in [6.45, 7) is 2.01. The Bertz CT molecular complexity index is 640. The Morgan fingerprint density at radius 1 is 1.15 bits per heavy atom. The molecule has 0 spiro atoms. The molecule has 0 saturated heterocycles. The van der Waals surface area contributed by atoms with E-state index in [2.05, 4.69) is 4.72 Å². The second-order valence-corrected chi connectivity index (χ2v) is 7.15. The summed E-state index contributed by atoms with van der Waals surface area (Å²) in [7, 11) is -7.18. The predicted octanol–water partition coefficient (Wildman–Crippen LogP) is 1.05. The topological polar surface area (TPSA) is 89.5 Å². The summed E-state index contributed by atoms with van der Waals surface area (Å²) in [4.78, 5) is -0.722. The molecule has 0 aliphatic carbocycles. The molecule has 1 aromatic rings. The minimum absolute atomic E-state index is 0.139. The molecule has 0 aromatic heterocycles. The lowest BCUT2D eigenvalue weighted by atomic mass is 10.3. The first-order valence-corrected chi connectivity index (χ1v) is 8.63. The Morgan fingerprint density at radius 2 is 1.65 bits per heavy atom. The Morgan fingerprint density at radius 3 is 2.05 bits per heavy atom. The van der Waals surface area contributed by atoms with Crippen LogP contribution in [0.15, 0.2) is 34.1 Å². The maximum atomic E-state index is 12.7. The Kier molecular flexibility index (Phi) is 5.63. The van der Waals surface area contributed by atoms with Gasteiger partial charge in [-0.15, -0.1) is 3.89 Å². The highest BCUT2D eigenvalue weighted by molar-refractivity contribution is 7.89. The predicted molar refractivity (Wildman–Crippen MR) is 71.0 cm³/mol. The monoisotopic (exact) mass is 325 g/mol. The van der Waals surface area contributed by atoms with Gasteiger partial charge in [0, 0.05) is 13.2 Å². The lowest BCUT2D eigenvalue weighted by Crippen LogP contribution is -2.37. The van der Waals surface area contributed by atoms with Crippen LogP contribution in [-0.4, -0.2) is 36.6 Å². The van der Waals surface area contributed by atoms with Gasteiger partial charge in [-0.25, -0.2) is 13.1 Å². The molecule has 9 heteroatoms. The lowest BCUT2D eigenvalue weighted by Gasteiger charge is -2.16. The molecule has 1 unspecified atom stereocenters. The van der Waals surface area contributed by atoms with Gasteiger partial charge in [-0.05, 0) is 30.7 Å². The number of sulfonamides is 1. The standard InChI is InChI=1S/C11H16FNO5S2/c1-3-9(8-18-2)13-20(16,17)11-6-4-10(5-7-11)19(12,14)15/h4-7,9,13H,3,8H2,1-2H3. The van der Waals surface area contributed by atoms with Crippen LogP contribution in [0.3, 0.4) is 0 Å². The van der Waals surface area contributed by atoms with E-state index < -0.39 is 31.2 Å². The summed E-state index contributed by atoms with van der Waals surface area (Å²) in [6.07, 6.45) is 0.532. The van der Waals surface area contributed by atoms with Gasteiger partial charge in [0.2, 0.25) is 10.0 Å². The van der Waals surface area contributed by atoms with E-state index in [1.165, 1.54) is 7.11 Å². The van der Waals surface area contributed by atoms with E-state index in [1.807, 2.05) is 0 Å². The van der Waals surface area contributed by atoms with Crippen LogP contribution in [-0.2, 0) is 25.0 Å². The summed E-state index contributed by atoms with van der Waals surface area (Å²) < 4.78 is 65.4. The summed E-state index contributed by atoms with van der Waals surface area (Å²) in [5, 5.41) is 0. The van der Waals surface area contributed by atoms with Gasteiger partial charge in [0.25, 0.3) is 0 Å². The van der Waals surface area contributed by atoms with Crippen molar-refractivity contribution in [2.24, 2.45) is 0 Å². The zero-order valence-corrected chi connectivity index (χ0v) is 12.7. The minimum atomic E-state index is -4.84. The maximum Gasteiger partial charge on any atom is 0.332 e. The fourth-order valence-electron chi connectivity index (χ4n) is 1.51. The molecular formula is C11H16FNO5S2. The molecule has 0 radical (unpaired) electrons. The van der Waals surface area contributed by atoms with Crippen molar-refractivity contribution < 1.29 is 25.5 Å². The maximum absolute atomic E-state index is 12.7. The average molecular weight is 325 g/mol. The molecule has 0 heterocycles. The number of benzene rings is 1. The van der Waals surface area contributed by atoms with E-state index >= 15 is 0 Å². The molecule has 6 nitrogen and oxygen atoms in total. The molecule has 0 aliphatic rings. The van der Waals surface area contributed by atoms with Crippen molar-refractivity contribution >= 4 is 20.2 Å². The lowest BCUT2D eigenvalue weighted by molar-refractivity contribution is 0.173. The van der Waals surface area contributed by atoms with E-state index in [9.17, 15) is 20.7 Å². The second-order valence-electron chi connectivity index (χ2n) is 4.09. The van der Waals surface area contributed by atoms with Crippen molar-refractivity contribution in [1.82, 2.24) is 4.72 Å². The van der Waals surface area contributed by atoms with E-state index in [-0.39, 0.29) is 11.5 Å². The van der Waals surface area contributed by atoms with Gasteiger partial charge in [0.15, 0.2) is 0 Å². The van der Waals surface area contributed by atoms with Gasteiger partial charge in [0.1, 0.15) is 0 Å². The van der Waals surface area contributed by atoms with Crippen LogP contribution < -0.4 is 4.72 Å². The molecule has 0 saturated carbocycles. The van der Waals surface area contributed by atoms with E-state index in [1.54, 1.807) is 6.92 Å². The number of hydrogen-bond donors (Lipinski definition) is 1. The highest BCUT2D eigenvalue weighted by Gasteiger charge is 2.20. The van der Waals surface area contributed by atoms with Crippen molar-refractivity contribution in [3.63, 3.8) is 0 Å². The fourth-order valence-corrected chi connectivity index (χ4v) is 3.27. The van der Waals surface area contributed by atoms with Gasteiger partial charge >= 0.3 is 10.2 Å². The summed E-state index contributed by atoms with van der Waals surface area (Å²) >= 11 is 0. The Hall–Kier alpha value is -1.03. The minimum Gasteiger partial charge on any atom is -0.383 e. The van der Waals surface area contributed by atoms with E-state index in [4.69, 9.17) is 4.74 Å². The molecule has 1 aromatic carbocycles. The van der Waals surface area contributed by atoms with Crippen LogP contribution in [0.25, 0.3) is 0 Å². The van der Waals surface area contributed by atoms with Crippen LogP contribution in [0.2, 0.25) is 0 Å². The normalized spacial score (nSPS) is 14.2. The summed E-state index contributed by atoms with van der Waals surface area (Å²) in [5.41, 5.74) is 0. The van der Waals surface area contributed by atoms with E-state index in [0.717, 1.165) is 24.3 Å². The third-order valence-corrected chi connectivity index (χ3v) is 4.97. The molecular weight excluding hydrogens is 309 g/mol. The first kappa shape index (κ1) is 17.0. The number of rotatable bonds is 7. The highest BCUT2D eigenvalue weighted by Crippen LogP contribution is 2.16. The quantitative estimate of drug-likeness (QED) is 0.757. The first-order chi connectivity index (χ1) is 9.20. The Balaban J connectivity index is 2.99. The summed E-state index contributed by atoms with van der Waals surface area (Å²) in [6, 6.07) is 3.49. The molecule has 0 aliphatic heterocycles. The van der Waals surface area contributed by atoms with Crippen molar-refractivity contribution in [2.45, 2.75) is 29.2 Å². The Labute approximate surface area is 118 Å². The molecule has 20 heavy (non-hydrogen) atoms. The SMILES string of the molecule is CCC(COC)NS(=O)(=O)c1ccc(S(=O)(=O)F)cc1. The van der Waals surface area contributed by atoms with Crippen molar-refractivity contribution in [3.8, 4) is 0 Å². The third-order valence-electron chi connectivity index (χ3n) is 2.60. The van der Waals surface area contributed by atoms with E-state index in [0.29, 0.717) is 6.42 Å². The molecule has 114 valence electrons. The van der Waals surface area contributed by atoms with Crippen LogP contribution in [0.4, 0.5) is 3.89 Å². The smallest absolute Gasteiger partial charge is 0.332 e. The number of methoxy groups -OCH3 is 1. The fraction of sp³-hybridized carbons (Fsp3) is 0.455. The van der Waals surface area contributed by atoms with Gasteiger partial charge in [-0.1, -0.05) is 6.92 Å². The van der Waals surface area contributed by atoms with Gasteiger partial charge < -0.3 is 4.74 Å².